The monoisotopic (exact) mass is 347 g/mol. The molecular formula is C13H12Cl3N3O2. The maximum atomic E-state index is 11.8. The van der Waals surface area contributed by atoms with Crippen LogP contribution in [0.3, 0.4) is 0 Å². The Morgan fingerprint density at radius 2 is 2.14 bits per heavy atom. The van der Waals surface area contributed by atoms with E-state index in [9.17, 15) is 4.79 Å². The molecule has 0 atom stereocenters. The summed E-state index contributed by atoms with van der Waals surface area (Å²) in [6.45, 7) is 2.32. The summed E-state index contributed by atoms with van der Waals surface area (Å²) in [6, 6.07) is 5.16. The molecular weight excluding hydrogens is 337 g/mol. The molecule has 0 aliphatic rings. The molecule has 0 N–H and O–H groups in total. The largest absolute Gasteiger partial charge is 0.461 e. The first kappa shape index (κ1) is 16.1. The summed E-state index contributed by atoms with van der Waals surface area (Å²) in [4.78, 5) is 11.8. The van der Waals surface area contributed by atoms with Crippen LogP contribution >= 0.6 is 34.8 Å². The van der Waals surface area contributed by atoms with Crippen molar-refractivity contribution in [1.82, 2.24) is 15.0 Å². The molecule has 1 aromatic heterocycles. The highest BCUT2D eigenvalue weighted by atomic mass is 35.5. The first-order chi connectivity index (χ1) is 10.1. The van der Waals surface area contributed by atoms with Crippen molar-refractivity contribution in [3.05, 3.63) is 45.2 Å². The summed E-state index contributed by atoms with van der Waals surface area (Å²) in [6.07, 6.45) is 0. The molecule has 0 aliphatic heterocycles. The number of carbonyl (C=O) groups excluding carboxylic acids is 1. The van der Waals surface area contributed by atoms with Gasteiger partial charge in [-0.05, 0) is 24.6 Å². The lowest BCUT2D eigenvalue weighted by Gasteiger charge is -2.07. The average molecular weight is 349 g/mol. The van der Waals surface area contributed by atoms with Crippen molar-refractivity contribution in [3.8, 4) is 0 Å². The standard InChI is InChI=1S/C13H12Cl3N3O2/c1-2-21-13(20)12-11(6-14)19(18-17-12)7-8-3-4-9(15)5-10(8)16/h3-5H,2,6-7H2,1H3. The van der Waals surface area contributed by atoms with E-state index in [1.165, 1.54) is 4.68 Å². The lowest BCUT2D eigenvalue weighted by atomic mass is 10.2. The predicted octanol–water partition coefficient (Wildman–Crippen LogP) is 3.55. The van der Waals surface area contributed by atoms with Crippen LogP contribution in [0.4, 0.5) is 0 Å². The van der Waals surface area contributed by atoms with Gasteiger partial charge in [0.1, 0.15) is 0 Å². The van der Waals surface area contributed by atoms with Crippen LogP contribution in [0.15, 0.2) is 18.2 Å². The van der Waals surface area contributed by atoms with E-state index in [1.807, 2.05) is 0 Å². The number of halogens is 3. The van der Waals surface area contributed by atoms with E-state index in [4.69, 9.17) is 39.5 Å². The molecule has 0 radical (unpaired) electrons. The van der Waals surface area contributed by atoms with Gasteiger partial charge in [-0.15, -0.1) is 16.7 Å². The molecule has 0 aliphatic carbocycles. The minimum atomic E-state index is -0.540. The van der Waals surface area contributed by atoms with Gasteiger partial charge in [0, 0.05) is 10.0 Å². The summed E-state index contributed by atoms with van der Waals surface area (Å²) in [5.41, 5.74) is 1.41. The number of carbonyl (C=O) groups is 1. The Balaban J connectivity index is 2.30. The van der Waals surface area contributed by atoms with Crippen molar-refractivity contribution in [3.63, 3.8) is 0 Å². The number of benzene rings is 1. The zero-order chi connectivity index (χ0) is 15.4. The Labute approximate surface area is 136 Å². The van der Waals surface area contributed by atoms with Crippen LogP contribution in [0.25, 0.3) is 0 Å². The minimum Gasteiger partial charge on any atom is -0.461 e. The third-order valence-corrected chi connectivity index (χ3v) is 3.61. The summed E-state index contributed by atoms with van der Waals surface area (Å²) in [5, 5.41) is 8.83. The molecule has 0 spiro atoms. The molecule has 0 saturated carbocycles. The number of rotatable bonds is 5. The Kier molecular flexibility index (Phi) is 5.45. The van der Waals surface area contributed by atoms with Gasteiger partial charge in [0.2, 0.25) is 0 Å². The molecule has 0 fully saturated rings. The summed E-state index contributed by atoms with van der Waals surface area (Å²) < 4.78 is 6.44. The van der Waals surface area contributed by atoms with Crippen molar-refractivity contribution >= 4 is 40.8 Å². The van der Waals surface area contributed by atoms with E-state index < -0.39 is 5.97 Å². The number of alkyl halides is 1. The third kappa shape index (κ3) is 3.67. The van der Waals surface area contributed by atoms with Crippen LogP contribution in [-0.2, 0) is 17.2 Å². The van der Waals surface area contributed by atoms with Crippen molar-refractivity contribution in [2.75, 3.05) is 6.61 Å². The summed E-state index contributed by atoms with van der Waals surface area (Å²) in [7, 11) is 0. The van der Waals surface area contributed by atoms with Crippen LogP contribution in [-0.4, -0.2) is 27.6 Å². The first-order valence-electron chi connectivity index (χ1n) is 6.16. The second-order valence-corrected chi connectivity index (χ2v) is 5.24. The van der Waals surface area contributed by atoms with Crippen molar-refractivity contribution in [2.45, 2.75) is 19.3 Å². The molecule has 0 saturated heterocycles. The van der Waals surface area contributed by atoms with Gasteiger partial charge < -0.3 is 4.74 Å². The highest BCUT2D eigenvalue weighted by molar-refractivity contribution is 6.35. The van der Waals surface area contributed by atoms with E-state index in [0.717, 1.165) is 5.56 Å². The fourth-order valence-corrected chi connectivity index (χ4v) is 2.49. The highest BCUT2D eigenvalue weighted by Crippen LogP contribution is 2.22. The molecule has 2 rings (SSSR count). The fourth-order valence-electron chi connectivity index (χ4n) is 1.76. The van der Waals surface area contributed by atoms with E-state index in [0.29, 0.717) is 22.3 Å². The zero-order valence-corrected chi connectivity index (χ0v) is 13.4. The number of nitrogens with zero attached hydrogens (tertiary/aromatic N) is 3. The molecule has 21 heavy (non-hydrogen) atoms. The van der Waals surface area contributed by atoms with E-state index in [2.05, 4.69) is 10.3 Å². The molecule has 1 aromatic carbocycles. The number of esters is 1. The van der Waals surface area contributed by atoms with Crippen molar-refractivity contribution in [2.24, 2.45) is 0 Å². The Morgan fingerprint density at radius 3 is 2.76 bits per heavy atom. The maximum absolute atomic E-state index is 11.8. The second kappa shape index (κ2) is 7.11. The topological polar surface area (TPSA) is 57.0 Å². The number of ether oxygens (including phenoxy) is 1. The van der Waals surface area contributed by atoms with Crippen LogP contribution < -0.4 is 0 Å². The zero-order valence-electron chi connectivity index (χ0n) is 11.1. The van der Waals surface area contributed by atoms with Gasteiger partial charge in [0.05, 0.1) is 24.7 Å². The van der Waals surface area contributed by atoms with Crippen LogP contribution in [0.2, 0.25) is 10.0 Å². The molecule has 1 heterocycles. The molecule has 8 heteroatoms. The predicted molar refractivity (Wildman–Crippen MR) is 81.1 cm³/mol. The van der Waals surface area contributed by atoms with Crippen LogP contribution in [0, 0.1) is 0 Å². The lowest BCUT2D eigenvalue weighted by Crippen LogP contribution is -2.10. The summed E-state index contributed by atoms with van der Waals surface area (Å²) >= 11 is 17.9. The van der Waals surface area contributed by atoms with E-state index in [-0.39, 0.29) is 18.2 Å². The summed E-state index contributed by atoms with van der Waals surface area (Å²) in [5.74, 6) is -0.451. The van der Waals surface area contributed by atoms with Gasteiger partial charge >= 0.3 is 5.97 Å². The minimum absolute atomic E-state index is 0.0896. The first-order valence-corrected chi connectivity index (χ1v) is 7.45. The average Bonchev–Trinajstić information content (AvgIpc) is 2.85. The Hall–Kier alpha value is -1.30. The molecule has 5 nitrogen and oxygen atoms in total. The van der Waals surface area contributed by atoms with Gasteiger partial charge in [-0.1, -0.05) is 34.5 Å². The Bertz CT molecular complexity index is 658. The SMILES string of the molecule is CCOC(=O)c1nnn(Cc2ccc(Cl)cc2Cl)c1CCl. The number of hydrogen-bond donors (Lipinski definition) is 0. The van der Waals surface area contributed by atoms with Crippen LogP contribution in [0.1, 0.15) is 28.7 Å². The maximum Gasteiger partial charge on any atom is 0.360 e. The lowest BCUT2D eigenvalue weighted by molar-refractivity contribution is 0.0518. The van der Waals surface area contributed by atoms with Gasteiger partial charge in [-0.25, -0.2) is 9.48 Å². The van der Waals surface area contributed by atoms with Crippen LogP contribution in [0.5, 0.6) is 0 Å². The van der Waals surface area contributed by atoms with Gasteiger partial charge in [-0.3, -0.25) is 0 Å². The fraction of sp³-hybridized carbons (Fsp3) is 0.308. The number of hydrogen-bond acceptors (Lipinski definition) is 4. The molecule has 2 aromatic rings. The molecule has 0 amide bonds. The smallest absolute Gasteiger partial charge is 0.360 e. The van der Waals surface area contributed by atoms with E-state index in [1.54, 1.807) is 25.1 Å². The third-order valence-electron chi connectivity index (χ3n) is 2.77. The van der Waals surface area contributed by atoms with Gasteiger partial charge in [0.25, 0.3) is 0 Å². The van der Waals surface area contributed by atoms with Gasteiger partial charge in [0.15, 0.2) is 5.69 Å². The van der Waals surface area contributed by atoms with Gasteiger partial charge in [-0.2, -0.15) is 0 Å². The van der Waals surface area contributed by atoms with E-state index >= 15 is 0 Å². The molecule has 112 valence electrons. The molecule has 0 unspecified atom stereocenters. The Morgan fingerprint density at radius 1 is 1.38 bits per heavy atom. The normalized spacial score (nSPS) is 10.7. The van der Waals surface area contributed by atoms with Crippen molar-refractivity contribution in [1.29, 1.82) is 0 Å². The number of aromatic nitrogens is 3. The molecule has 0 bridgehead atoms. The quantitative estimate of drug-likeness (QED) is 0.612. The second-order valence-electron chi connectivity index (χ2n) is 4.13. The van der Waals surface area contributed by atoms with Crippen molar-refractivity contribution < 1.29 is 9.53 Å². The highest BCUT2D eigenvalue weighted by Gasteiger charge is 2.20.